The van der Waals surface area contributed by atoms with Gasteiger partial charge in [0.15, 0.2) is 0 Å². The first-order chi connectivity index (χ1) is 12.3. The number of aromatic nitrogens is 4. The topological polar surface area (TPSA) is 96.7 Å². The van der Waals surface area contributed by atoms with Gasteiger partial charge in [-0.2, -0.15) is 0 Å². The van der Waals surface area contributed by atoms with Gasteiger partial charge in [-0.15, -0.1) is 10.2 Å². The van der Waals surface area contributed by atoms with Gasteiger partial charge in [-0.25, -0.2) is 4.98 Å². The Hall–Kier alpha value is -3.48. The lowest BCUT2D eigenvalue weighted by Gasteiger charge is -1.99. The molecule has 0 unspecified atom stereocenters. The van der Waals surface area contributed by atoms with Crippen LogP contribution in [0.4, 0.5) is 5.95 Å². The Balaban J connectivity index is 1.36. The molecule has 7 nitrogen and oxygen atoms in total. The zero-order chi connectivity index (χ0) is 17.1. The monoisotopic (exact) mass is 333 g/mol. The van der Waals surface area contributed by atoms with E-state index in [9.17, 15) is 4.79 Å². The average Bonchev–Trinajstić information content (AvgIpc) is 3.27. The van der Waals surface area contributed by atoms with Crippen molar-refractivity contribution in [1.29, 1.82) is 0 Å². The Kier molecular flexibility index (Phi) is 3.96. The van der Waals surface area contributed by atoms with E-state index in [4.69, 9.17) is 4.42 Å². The van der Waals surface area contributed by atoms with Gasteiger partial charge in [-0.1, -0.05) is 30.3 Å². The van der Waals surface area contributed by atoms with Crippen molar-refractivity contribution < 1.29 is 9.21 Å². The van der Waals surface area contributed by atoms with E-state index in [1.54, 1.807) is 0 Å². The van der Waals surface area contributed by atoms with Crippen LogP contribution in [0.3, 0.4) is 0 Å². The van der Waals surface area contributed by atoms with Gasteiger partial charge in [-0.3, -0.25) is 10.1 Å². The Morgan fingerprint density at radius 2 is 1.84 bits per heavy atom. The molecule has 0 bridgehead atoms. The number of amides is 1. The summed E-state index contributed by atoms with van der Waals surface area (Å²) in [6, 6.07) is 17.1. The molecule has 1 amide bonds. The molecule has 0 spiro atoms. The normalized spacial score (nSPS) is 10.9. The Morgan fingerprint density at radius 1 is 1.04 bits per heavy atom. The Labute approximate surface area is 143 Å². The average molecular weight is 333 g/mol. The third kappa shape index (κ3) is 3.40. The molecule has 2 N–H and O–H groups in total. The molecule has 2 aromatic carbocycles. The number of rotatable bonds is 5. The van der Waals surface area contributed by atoms with Crippen molar-refractivity contribution in [2.24, 2.45) is 0 Å². The van der Waals surface area contributed by atoms with E-state index in [2.05, 4.69) is 25.5 Å². The van der Waals surface area contributed by atoms with Gasteiger partial charge in [-0.05, 0) is 24.3 Å². The van der Waals surface area contributed by atoms with E-state index in [0.29, 0.717) is 24.2 Å². The van der Waals surface area contributed by atoms with Crippen molar-refractivity contribution in [2.45, 2.75) is 12.8 Å². The lowest BCUT2D eigenvalue weighted by atomic mass is 10.2. The number of nitrogens with one attached hydrogen (secondary N) is 2. The number of carbonyl (C=O) groups excluding carboxylic acids is 1. The van der Waals surface area contributed by atoms with Crippen molar-refractivity contribution in [1.82, 2.24) is 20.2 Å². The Morgan fingerprint density at radius 3 is 2.68 bits per heavy atom. The van der Waals surface area contributed by atoms with Crippen LogP contribution in [0.15, 0.2) is 59.0 Å². The molecule has 2 aromatic heterocycles. The van der Waals surface area contributed by atoms with Gasteiger partial charge in [0, 0.05) is 18.4 Å². The van der Waals surface area contributed by atoms with E-state index in [1.807, 2.05) is 54.6 Å². The lowest BCUT2D eigenvalue weighted by Crippen LogP contribution is -2.13. The summed E-state index contributed by atoms with van der Waals surface area (Å²) in [5.41, 5.74) is 2.54. The number of carbonyl (C=O) groups is 1. The summed E-state index contributed by atoms with van der Waals surface area (Å²) < 4.78 is 5.59. The highest BCUT2D eigenvalue weighted by molar-refractivity contribution is 5.91. The maximum absolute atomic E-state index is 12.1. The summed E-state index contributed by atoms with van der Waals surface area (Å²) in [6.07, 6.45) is 0.597. The number of H-pyrrole nitrogens is 1. The van der Waals surface area contributed by atoms with Crippen molar-refractivity contribution >= 4 is 22.9 Å². The molecule has 0 radical (unpaired) electrons. The van der Waals surface area contributed by atoms with Crippen molar-refractivity contribution in [3.05, 3.63) is 60.5 Å². The number of benzene rings is 2. The summed E-state index contributed by atoms with van der Waals surface area (Å²) in [7, 11) is 0. The Bertz CT molecular complexity index is 973. The standard InChI is InChI=1S/C18H15N5O2/c24-15(21-18-19-13-8-4-5-9-14(13)20-18)10-11-16-22-23-17(25-16)12-6-2-1-3-7-12/h1-9H,10-11H2,(H2,19,20,21,24). The van der Waals surface area contributed by atoms with Crippen LogP contribution in [0.1, 0.15) is 12.3 Å². The number of aromatic amines is 1. The summed E-state index contributed by atoms with van der Waals surface area (Å²) in [5.74, 6) is 1.15. The van der Waals surface area contributed by atoms with Gasteiger partial charge in [0.1, 0.15) is 0 Å². The van der Waals surface area contributed by atoms with Gasteiger partial charge in [0.05, 0.1) is 11.0 Å². The van der Waals surface area contributed by atoms with Crippen molar-refractivity contribution in [3.8, 4) is 11.5 Å². The molecule has 0 saturated heterocycles. The molecule has 7 heteroatoms. The third-order valence-electron chi connectivity index (χ3n) is 3.70. The quantitative estimate of drug-likeness (QED) is 0.584. The molecule has 25 heavy (non-hydrogen) atoms. The van der Waals surface area contributed by atoms with E-state index in [1.165, 1.54) is 0 Å². The van der Waals surface area contributed by atoms with E-state index in [-0.39, 0.29) is 12.3 Å². The number of fused-ring (bicyclic) bond motifs is 1. The van der Waals surface area contributed by atoms with E-state index in [0.717, 1.165) is 16.6 Å². The van der Waals surface area contributed by atoms with E-state index < -0.39 is 0 Å². The first-order valence-corrected chi connectivity index (χ1v) is 7.90. The van der Waals surface area contributed by atoms with Crippen LogP contribution in [-0.4, -0.2) is 26.1 Å². The summed E-state index contributed by atoms with van der Waals surface area (Å²) >= 11 is 0. The highest BCUT2D eigenvalue weighted by Crippen LogP contribution is 2.18. The van der Waals surface area contributed by atoms with Crippen LogP contribution in [0, 0.1) is 0 Å². The number of aryl methyl sites for hydroxylation is 1. The maximum atomic E-state index is 12.1. The smallest absolute Gasteiger partial charge is 0.247 e. The number of nitrogens with zero attached hydrogens (tertiary/aromatic N) is 3. The minimum atomic E-state index is -0.168. The second kappa shape index (κ2) is 6.56. The van der Waals surface area contributed by atoms with Gasteiger partial charge >= 0.3 is 0 Å². The summed E-state index contributed by atoms with van der Waals surface area (Å²) in [6.45, 7) is 0. The first-order valence-electron chi connectivity index (χ1n) is 7.90. The number of imidazole rings is 1. The number of hydrogen-bond acceptors (Lipinski definition) is 5. The molecule has 0 aliphatic heterocycles. The van der Waals surface area contributed by atoms with Crippen LogP contribution >= 0.6 is 0 Å². The van der Waals surface area contributed by atoms with Gasteiger partial charge < -0.3 is 9.40 Å². The van der Waals surface area contributed by atoms with Crippen LogP contribution in [0.2, 0.25) is 0 Å². The van der Waals surface area contributed by atoms with Gasteiger partial charge in [0.25, 0.3) is 0 Å². The number of para-hydroxylation sites is 2. The molecular formula is C18H15N5O2. The fourth-order valence-electron chi connectivity index (χ4n) is 2.48. The second-order valence-corrected chi connectivity index (χ2v) is 5.52. The predicted molar refractivity (Wildman–Crippen MR) is 92.8 cm³/mol. The first kappa shape index (κ1) is 15.1. The molecule has 0 aliphatic rings. The fourth-order valence-corrected chi connectivity index (χ4v) is 2.48. The number of anilines is 1. The van der Waals surface area contributed by atoms with Crippen LogP contribution in [0.5, 0.6) is 0 Å². The molecule has 0 aliphatic carbocycles. The van der Waals surface area contributed by atoms with Crippen LogP contribution in [0.25, 0.3) is 22.5 Å². The lowest BCUT2D eigenvalue weighted by molar-refractivity contribution is -0.116. The highest BCUT2D eigenvalue weighted by Gasteiger charge is 2.11. The second-order valence-electron chi connectivity index (χ2n) is 5.52. The van der Waals surface area contributed by atoms with Crippen LogP contribution < -0.4 is 5.32 Å². The molecule has 0 fully saturated rings. The summed E-state index contributed by atoms with van der Waals surface area (Å²) in [4.78, 5) is 19.4. The minimum absolute atomic E-state index is 0.168. The molecule has 2 heterocycles. The zero-order valence-electron chi connectivity index (χ0n) is 13.3. The largest absolute Gasteiger partial charge is 0.421 e. The van der Waals surface area contributed by atoms with Crippen molar-refractivity contribution in [3.63, 3.8) is 0 Å². The predicted octanol–water partition coefficient (Wildman–Crippen LogP) is 3.18. The van der Waals surface area contributed by atoms with E-state index >= 15 is 0 Å². The molecule has 4 aromatic rings. The highest BCUT2D eigenvalue weighted by atomic mass is 16.4. The number of hydrogen-bond donors (Lipinski definition) is 2. The SMILES string of the molecule is O=C(CCc1nnc(-c2ccccc2)o1)Nc1nc2ccccc2[nH]1. The minimum Gasteiger partial charge on any atom is -0.421 e. The third-order valence-corrected chi connectivity index (χ3v) is 3.70. The maximum Gasteiger partial charge on any atom is 0.247 e. The summed E-state index contributed by atoms with van der Waals surface area (Å²) in [5, 5.41) is 10.7. The molecule has 0 atom stereocenters. The molecule has 4 rings (SSSR count). The zero-order valence-corrected chi connectivity index (χ0v) is 13.3. The molecular weight excluding hydrogens is 318 g/mol. The van der Waals surface area contributed by atoms with Gasteiger partial charge in [0.2, 0.25) is 23.6 Å². The van der Waals surface area contributed by atoms with Crippen LogP contribution in [-0.2, 0) is 11.2 Å². The van der Waals surface area contributed by atoms with Crippen molar-refractivity contribution in [2.75, 3.05) is 5.32 Å². The fraction of sp³-hybridized carbons (Fsp3) is 0.111. The molecule has 124 valence electrons. The molecule has 0 saturated carbocycles.